The van der Waals surface area contributed by atoms with Gasteiger partial charge in [0, 0.05) is 24.3 Å². The maximum Gasteiger partial charge on any atom is 0.308 e. The topological polar surface area (TPSA) is 79.3 Å². The molecule has 0 saturated carbocycles. The first-order valence-corrected chi connectivity index (χ1v) is 6.97. The number of aromatic nitrogens is 1. The first kappa shape index (κ1) is 15.0. The van der Waals surface area contributed by atoms with Gasteiger partial charge in [0.25, 0.3) is 5.91 Å². The summed E-state index contributed by atoms with van der Waals surface area (Å²) >= 11 is 0. The lowest BCUT2D eigenvalue weighted by Gasteiger charge is -2.13. The number of carbonyl (C=O) groups excluding carboxylic acids is 1. The van der Waals surface area contributed by atoms with Crippen LogP contribution in [0.25, 0.3) is 10.8 Å². The number of hydrogen-bond acceptors (Lipinski definition) is 3. The van der Waals surface area contributed by atoms with E-state index in [1.807, 2.05) is 31.2 Å². The molecule has 0 aliphatic rings. The van der Waals surface area contributed by atoms with Crippen LogP contribution in [0, 0.1) is 5.92 Å². The minimum atomic E-state index is -0.881. The Morgan fingerprint density at radius 1 is 1.29 bits per heavy atom. The number of rotatable bonds is 6. The van der Waals surface area contributed by atoms with Crippen molar-refractivity contribution < 1.29 is 14.7 Å². The molecule has 1 aromatic heterocycles. The fraction of sp³-hybridized carbons (Fsp3) is 0.312. The number of nitrogens with zero attached hydrogens (tertiary/aromatic N) is 1. The molecule has 2 N–H and O–H groups in total. The van der Waals surface area contributed by atoms with Gasteiger partial charge in [-0.1, -0.05) is 37.6 Å². The highest BCUT2D eigenvalue weighted by Gasteiger charge is 2.18. The third-order valence-electron chi connectivity index (χ3n) is 3.41. The summed E-state index contributed by atoms with van der Waals surface area (Å²) < 4.78 is 0. The molecule has 0 aliphatic carbocycles. The van der Waals surface area contributed by atoms with Gasteiger partial charge < -0.3 is 10.4 Å². The van der Waals surface area contributed by atoms with Crippen molar-refractivity contribution in [2.75, 3.05) is 6.54 Å². The number of carboxylic acid groups (broad SMARTS) is 1. The van der Waals surface area contributed by atoms with Crippen molar-refractivity contribution in [3.8, 4) is 0 Å². The quantitative estimate of drug-likeness (QED) is 0.855. The van der Waals surface area contributed by atoms with E-state index in [4.69, 9.17) is 5.11 Å². The minimum absolute atomic E-state index is 0.130. The Balaban J connectivity index is 2.14. The molecule has 21 heavy (non-hydrogen) atoms. The van der Waals surface area contributed by atoms with Gasteiger partial charge in [-0.2, -0.15) is 0 Å². The number of nitrogens with one attached hydrogen (secondary N) is 1. The molecule has 110 valence electrons. The lowest BCUT2D eigenvalue weighted by Crippen LogP contribution is -2.33. The summed E-state index contributed by atoms with van der Waals surface area (Å²) in [5, 5.41) is 13.5. The number of carbonyl (C=O) groups is 2. The van der Waals surface area contributed by atoms with Crippen molar-refractivity contribution >= 4 is 22.6 Å². The van der Waals surface area contributed by atoms with Crippen molar-refractivity contribution in [3.63, 3.8) is 0 Å². The molecule has 0 fully saturated rings. The number of aliphatic carboxylic acids is 1. The number of amides is 1. The summed E-state index contributed by atoms with van der Waals surface area (Å²) in [7, 11) is 0. The summed E-state index contributed by atoms with van der Waals surface area (Å²) in [6, 6.07) is 7.48. The second-order valence-electron chi connectivity index (χ2n) is 4.94. The zero-order valence-electron chi connectivity index (χ0n) is 11.9. The molecule has 2 aromatic rings. The summed E-state index contributed by atoms with van der Waals surface area (Å²) in [4.78, 5) is 27.4. The summed E-state index contributed by atoms with van der Waals surface area (Å²) in [6.45, 7) is 2.05. The number of benzene rings is 1. The Bertz CT molecular complexity index is 650. The van der Waals surface area contributed by atoms with Crippen molar-refractivity contribution in [2.24, 2.45) is 5.92 Å². The maximum atomic E-state index is 12.2. The van der Waals surface area contributed by atoms with Crippen molar-refractivity contribution in [1.29, 1.82) is 0 Å². The second-order valence-corrected chi connectivity index (χ2v) is 4.94. The molecular formula is C16H18N2O3. The first-order chi connectivity index (χ1) is 10.1. The van der Waals surface area contributed by atoms with Gasteiger partial charge in [0.1, 0.15) is 0 Å². The molecule has 5 heteroatoms. The largest absolute Gasteiger partial charge is 0.481 e. The molecule has 2 rings (SSSR count). The molecule has 1 atom stereocenters. The maximum absolute atomic E-state index is 12.2. The minimum Gasteiger partial charge on any atom is -0.481 e. The zero-order valence-corrected chi connectivity index (χ0v) is 11.9. The highest BCUT2D eigenvalue weighted by Crippen LogP contribution is 2.17. The zero-order chi connectivity index (χ0) is 15.2. The Kier molecular flexibility index (Phi) is 4.87. The van der Waals surface area contributed by atoms with Crippen LogP contribution in [-0.4, -0.2) is 28.5 Å². The van der Waals surface area contributed by atoms with Gasteiger partial charge in [-0.05, 0) is 11.8 Å². The smallest absolute Gasteiger partial charge is 0.308 e. The van der Waals surface area contributed by atoms with Crippen LogP contribution in [0.3, 0.4) is 0 Å². The van der Waals surface area contributed by atoms with Crippen LogP contribution in [-0.2, 0) is 4.79 Å². The molecule has 0 spiro atoms. The molecule has 1 amide bonds. The van der Waals surface area contributed by atoms with E-state index in [0.717, 1.165) is 17.2 Å². The molecule has 0 bridgehead atoms. The third kappa shape index (κ3) is 3.56. The first-order valence-electron chi connectivity index (χ1n) is 6.97. The number of carboxylic acids is 1. The molecule has 1 aromatic carbocycles. The predicted octanol–water partition coefficient (Wildman–Crippen LogP) is 2.47. The van der Waals surface area contributed by atoms with E-state index in [-0.39, 0.29) is 12.5 Å². The monoisotopic (exact) mass is 286 g/mol. The molecule has 0 radical (unpaired) electrons. The average Bonchev–Trinajstić information content (AvgIpc) is 2.50. The van der Waals surface area contributed by atoms with Crippen molar-refractivity contribution in [3.05, 3.63) is 42.2 Å². The average molecular weight is 286 g/mol. The Morgan fingerprint density at radius 3 is 2.76 bits per heavy atom. The second kappa shape index (κ2) is 6.83. The highest BCUT2D eigenvalue weighted by molar-refractivity contribution is 6.06. The molecule has 0 aliphatic heterocycles. The van der Waals surface area contributed by atoms with Gasteiger partial charge in [0.15, 0.2) is 0 Å². The van der Waals surface area contributed by atoms with Crippen LogP contribution < -0.4 is 5.32 Å². The SMILES string of the molecule is CCCC(CNC(=O)c1cncc2ccccc12)C(=O)O. The van der Waals surface area contributed by atoms with Gasteiger partial charge in [-0.15, -0.1) is 0 Å². The van der Waals surface area contributed by atoms with E-state index in [9.17, 15) is 9.59 Å². The van der Waals surface area contributed by atoms with Crippen LogP contribution in [0.1, 0.15) is 30.1 Å². The predicted molar refractivity (Wildman–Crippen MR) is 80.1 cm³/mol. The van der Waals surface area contributed by atoms with E-state index in [0.29, 0.717) is 12.0 Å². The number of hydrogen-bond donors (Lipinski definition) is 2. The van der Waals surface area contributed by atoms with Crippen LogP contribution in [0.5, 0.6) is 0 Å². The molecule has 5 nitrogen and oxygen atoms in total. The Morgan fingerprint density at radius 2 is 2.05 bits per heavy atom. The highest BCUT2D eigenvalue weighted by atomic mass is 16.4. The van der Waals surface area contributed by atoms with Crippen LogP contribution in [0.2, 0.25) is 0 Å². The van der Waals surface area contributed by atoms with Gasteiger partial charge >= 0.3 is 5.97 Å². The number of fused-ring (bicyclic) bond motifs is 1. The van der Waals surface area contributed by atoms with Crippen molar-refractivity contribution in [1.82, 2.24) is 10.3 Å². The molecular weight excluding hydrogens is 268 g/mol. The fourth-order valence-corrected chi connectivity index (χ4v) is 2.27. The Hall–Kier alpha value is -2.43. The van der Waals surface area contributed by atoms with Crippen LogP contribution in [0.4, 0.5) is 0 Å². The van der Waals surface area contributed by atoms with E-state index < -0.39 is 11.9 Å². The Labute approximate surface area is 123 Å². The molecule has 0 saturated heterocycles. The third-order valence-corrected chi connectivity index (χ3v) is 3.41. The van der Waals surface area contributed by atoms with Gasteiger partial charge in [-0.3, -0.25) is 14.6 Å². The van der Waals surface area contributed by atoms with E-state index >= 15 is 0 Å². The summed E-state index contributed by atoms with van der Waals surface area (Å²) in [6.07, 6.45) is 4.52. The van der Waals surface area contributed by atoms with Gasteiger partial charge in [0.05, 0.1) is 11.5 Å². The number of pyridine rings is 1. The molecule has 1 heterocycles. The van der Waals surface area contributed by atoms with E-state index in [2.05, 4.69) is 10.3 Å². The lowest BCUT2D eigenvalue weighted by molar-refractivity contribution is -0.141. The summed E-state index contributed by atoms with van der Waals surface area (Å²) in [5.74, 6) is -1.73. The molecule has 1 unspecified atom stereocenters. The lowest BCUT2D eigenvalue weighted by atomic mass is 10.0. The van der Waals surface area contributed by atoms with E-state index in [1.54, 1.807) is 6.20 Å². The van der Waals surface area contributed by atoms with E-state index in [1.165, 1.54) is 6.20 Å². The van der Waals surface area contributed by atoms with Gasteiger partial charge in [-0.25, -0.2) is 0 Å². The standard InChI is InChI=1S/C16H18N2O3/c1-2-5-12(16(20)21)9-18-15(19)14-10-17-8-11-6-3-4-7-13(11)14/h3-4,6-8,10,12H,2,5,9H2,1H3,(H,18,19)(H,20,21). The fourth-order valence-electron chi connectivity index (χ4n) is 2.27. The van der Waals surface area contributed by atoms with Gasteiger partial charge in [0.2, 0.25) is 0 Å². The van der Waals surface area contributed by atoms with Crippen molar-refractivity contribution in [2.45, 2.75) is 19.8 Å². The van der Waals surface area contributed by atoms with Crippen LogP contribution >= 0.6 is 0 Å². The summed E-state index contributed by atoms with van der Waals surface area (Å²) in [5.41, 5.74) is 0.466. The normalized spacial score (nSPS) is 12.0. The van der Waals surface area contributed by atoms with Crippen LogP contribution in [0.15, 0.2) is 36.7 Å².